The lowest BCUT2D eigenvalue weighted by Gasteiger charge is -2.09. The zero-order chi connectivity index (χ0) is 17.7. The van der Waals surface area contributed by atoms with Gasteiger partial charge in [-0.25, -0.2) is 4.98 Å². The molecule has 1 aromatic carbocycles. The Kier molecular flexibility index (Phi) is 3.13. The van der Waals surface area contributed by atoms with Crippen LogP contribution in [0.5, 0.6) is 0 Å². The summed E-state index contributed by atoms with van der Waals surface area (Å²) >= 11 is 1.06. The highest BCUT2D eigenvalue weighted by Gasteiger charge is 2.23. The Morgan fingerprint density at radius 1 is 1.28 bits per heavy atom. The maximum Gasteiger partial charge on any atom is 0.260 e. The highest BCUT2D eigenvalue weighted by atomic mass is 32.1. The van der Waals surface area contributed by atoms with Crippen molar-refractivity contribution >= 4 is 49.9 Å². The molecule has 0 unspecified atom stereocenters. The molecular weight excluding hydrogens is 338 g/mol. The number of nitrogens with two attached hydrogens (primary N) is 3. The van der Waals surface area contributed by atoms with E-state index in [9.17, 15) is 10.1 Å². The monoisotopic (exact) mass is 349 g/mol. The van der Waals surface area contributed by atoms with Crippen LogP contribution in [0.4, 0.5) is 11.5 Å². The summed E-state index contributed by atoms with van der Waals surface area (Å²) < 4.78 is 5.35. The van der Waals surface area contributed by atoms with E-state index in [1.165, 1.54) is 0 Å². The molecule has 7 nitrogen and oxygen atoms in total. The minimum absolute atomic E-state index is 0.0783. The molecule has 0 atom stereocenters. The van der Waals surface area contributed by atoms with E-state index in [-0.39, 0.29) is 21.9 Å². The van der Waals surface area contributed by atoms with Crippen molar-refractivity contribution in [2.24, 2.45) is 5.73 Å². The average Bonchev–Trinajstić information content (AvgIpc) is 3.17. The maximum atomic E-state index is 11.6. The van der Waals surface area contributed by atoms with Gasteiger partial charge in [-0.15, -0.1) is 11.3 Å². The summed E-state index contributed by atoms with van der Waals surface area (Å²) in [6, 6.07) is 9.38. The predicted octanol–water partition coefficient (Wildman–Crippen LogP) is 2.84. The Balaban J connectivity index is 2.16. The van der Waals surface area contributed by atoms with Gasteiger partial charge in [0.1, 0.15) is 32.7 Å². The van der Waals surface area contributed by atoms with Crippen LogP contribution in [0.2, 0.25) is 0 Å². The Morgan fingerprint density at radius 2 is 2.08 bits per heavy atom. The standard InChI is InChI=1S/C17H11N5O2S/c18-6-9-11(8-1-2-10-7(5-8)3-4-24-10)12-13(19)14(16(21)23)25-17(12)22-15(9)20/h1-5H,19H2,(H2,20,22)(H2,21,23). The van der Waals surface area contributed by atoms with Crippen molar-refractivity contribution in [1.82, 2.24) is 4.98 Å². The lowest BCUT2D eigenvalue weighted by Crippen LogP contribution is -2.10. The number of thiophene rings is 1. The van der Waals surface area contributed by atoms with Gasteiger partial charge in [-0.3, -0.25) is 4.79 Å². The van der Waals surface area contributed by atoms with Crippen molar-refractivity contribution in [2.45, 2.75) is 0 Å². The molecule has 0 bridgehead atoms. The number of pyridine rings is 1. The number of carbonyl (C=O) groups excluding carboxylic acids is 1. The summed E-state index contributed by atoms with van der Waals surface area (Å²) in [5.41, 5.74) is 19.9. The molecule has 0 spiro atoms. The summed E-state index contributed by atoms with van der Waals surface area (Å²) in [4.78, 5) is 16.5. The van der Waals surface area contributed by atoms with Crippen LogP contribution < -0.4 is 17.2 Å². The van der Waals surface area contributed by atoms with Crippen molar-refractivity contribution in [1.29, 1.82) is 5.26 Å². The van der Waals surface area contributed by atoms with Crippen LogP contribution in [0, 0.1) is 11.3 Å². The van der Waals surface area contributed by atoms with Crippen molar-refractivity contribution < 1.29 is 9.21 Å². The van der Waals surface area contributed by atoms with Gasteiger partial charge in [0.05, 0.1) is 12.0 Å². The van der Waals surface area contributed by atoms with Gasteiger partial charge in [0.15, 0.2) is 0 Å². The van der Waals surface area contributed by atoms with Crippen molar-refractivity contribution in [2.75, 3.05) is 11.5 Å². The van der Waals surface area contributed by atoms with E-state index in [1.54, 1.807) is 12.3 Å². The van der Waals surface area contributed by atoms with Crippen LogP contribution >= 0.6 is 11.3 Å². The average molecular weight is 349 g/mol. The summed E-state index contributed by atoms with van der Waals surface area (Å²) in [6.45, 7) is 0. The van der Waals surface area contributed by atoms with E-state index in [0.717, 1.165) is 27.9 Å². The highest BCUT2D eigenvalue weighted by Crippen LogP contribution is 2.42. The van der Waals surface area contributed by atoms with Crippen molar-refractivity contribution in [3.8, 4) is 17.2 Å². The summed E-state index contributed by atoms with van der Waals surface area (Å²) in [7, 11) is 0. The summed E-state index contributed by atoms with van der Waals surface area (Å²) in [5, 5.41) is 11.0. The van der Waals surface area contributed by atoms with E-state index in [2.05, 4.69) is 11.1 Å². The van der Waals surface area contributed by atoms with E-state index < -0.39 is 5.91 Å². The lowest BCUT2D eigenvalue weighted by molar-refractivity contribution is 0.100. The normalized spacial score (nSPS) is 11.0. The first-order valence-electron chi connectivity index (χ1n) is 7.20. The minimum Gasteiger partial charge on any atom is -0.464 e. The zero-order valence-corrected chi connectivity index (χ0v) is 13.6. The highest BCUT2D eigenvalue weighted by molar-refractivity contribution is 7.21. The maximum absolute atomic E-state index is 11.6. The molecule has 4 aromatic rings. The van der Waals surface area contributed by atoms with E-state index >= 15 is 0 Å². The molecule has 0 aliphatic heterocycles. The van der Waals surface area contributed by atoms with Crippen LogP contribution in [0.1, 0.15) is 15.2 Å². The van der Waals surface area contributed by atoms with Crippen molar-refractivity contribution in [3.05, 3.63) is 41.0 Å². The summed E-state index contributed by atoms with van der Waals surface area (Å²) in [6.07, 6.45) is 1.58. The molecule has 1 amide bonds. The van der Waals surface area contributed by atoms with Crippen LogP contribution in [0.3, 0.4) is 0 Å². The number of fused-ring (bicyclic) bond motifs is 2. The number of primary amides is 1. The number of rotatable bonds is 2. The molecule has 25 heavy (non-hydrogen) atoms. The van der Waals surface area contributed by atoms with Gasteiger partial charge in [-0.2, -0.15) is 5.26 Å². The lowest BCUT2D eigenvalue weighted by atomic mass is 9.96. The van der Waals surface area contributed by atoms with Gasteiger partial charge >= 0.3 is 0 Å². The van der Waals surface area contributed by atoms with Crippen LogP contribution in [0.15, 0.2) is 34.9 Å². The molecule has 122 valence electrons. The predicted molar refractivity (Wildman–Crippen MR) is 96.9 cm³/mol. The molecule has 0 aliphatic carbocycles. The third-order valence-electron chi connectivity index (χ3n) is 3.98. The molecule has 0 radical (unpaired) electrons. The fraction of sp³-hybridized carbons (Fsp3) is 0. The number of amides is 1. The van der Waals surface area contributed by atoms with Gasteiger partial charge in [-0.05, 0) is 23.8 Å². The zero-order valence-electron chi connectivity index (χ0n) is 12.7. The van der Waals surface area contributed by atoms with Gasteiger partial charge in [-0.1, -0.05) is 6.07 Å². The minimum atomic E-state index is -0.645. The molecule has 0 saturated heterocycles. The molecular formula is C17H11N5O2S. The number of nitrogen functional groups attached to an aromatic ring is 2. The number of hydrogen-bond acceptors (Lipinski definition) is 7. The second-order valence-electron chi connectivity index (χ2n) is 5.42. The molecule has 3 aromatic heterocycles. The van der Waals surface area contributed by atoms with Gasteiger partial charge < -0.3 is 21.6 Å². The Hall–Kier alpha value is -3.57. The van der Waals surface area contributed by atoms with Crippen LogP contribution in [-0.2, 0) is 0 Å². The molecule has 0 aliphatic rings. The molecule has 8 heteroatoms. The van der Waals surface area contributed by atoms with Gasteiger partial charge in [0, 0.05) is 16.3 Å². The second-order valence-corrected chi connectivity index (χ2v) is 6.42. The number of carbonyl (C=O) groups is 1. The number of anilines is 2. The van der Waals surface area contributed by atoms with Gasteiger partial charge in [0.25, 0.3) is 5.91 Å². The Labute approximate surface area is 145 Å². The molecule has 0 fully saturated rings. The first kappa shape index (κ1) is 15.0. The molecule has 6 N–H and O–H groups in total. The van der Waals surface area contributed by atoms with E-state index in [1.807, 2.05) is 18.2 Å². The number of hydrogen-bond donors (Lipinski definition) is 3. The first-order valence-corrected chi connectivity index (χ1v) is 8.02. The first-order chi connectivity index (χ1) is 12.0. The third kappa shape index (κ3) is 2.10. The Morgan fingerprint density at radius 3 is 2.80 bits per heavy atom. The third-order valence-corrected chi connectivity index (χ3v) is 5.10. The number of aromatic nitrogens is 1. The van der Waals surface area contributed by atoms with Gasteiger partial charge in [0.2, 0.25) is 0 Å². The second kappa shape index (κ2) is 5.22. The van der Waals surface area contributed by atoms with E-state index in [0.29, 0.717) is 15.8 Å². The molecule has 0 saturated carbocycles. The number of nitriles is 1. The number of furan rings is 1. The SMILES string of the molecule is N#Cc1c(N)nc2sc(C(N)=O)c(N)c2c1-c1ccc2occc2c1. The fourth-order valence-corrected chi connectivity index (χ4v) is 3.84. The van der Waals surface area contributed by atoms with Crippen LogP contribution in [0.25, 0.3) is 32.3 Å². The largest absolute Gasteiger partial charge is 0.464 e. The number of nitrogens with zero attached hydrogens (tertiary/aromatic N) is 2. The molecule has 4 rings (SSSR count). The van der Waals surface area contributed by atoms with Crippen LogP contribution in [-0.4, -0.2) is 10.9 Å². The Bertz CT molecular complexity index is 1220. The summed E-state index contributed by atoms with van der Waals surface area (Å²) in [5.74, 6) is -0.566. The topological polar surface area (TPSA) is 145 Å². The van der Waals surface area contributed by atoms with E-state index in [4.69, 9.17) is 21.6 Å². The smallest absolute Gasteiger partial charge is 0.260 e. The fourth-order valence-electron chi connectivity index (χ4n) is 2.88. The quantitative estimate of drug-likeness (QED) is 0.507. The van der Waals surface area contributed by atoms with Crippen molar-refractivity contribution in [3.63, 3.8) is 0 Å². The molecule has 3 heterocycles. The number of benzene rings is 1.